The smallest absolute Gasteiger partial charge is 0.206 e. The molecule has 3 heterocycles. The number of rotatable bonds is 10. The molecule has 456 valence electrons. The van der Waals surface area contributed by atoms with Gasteiger partial charge in [0.1, 0.15) is 0 Å². The van der Waals surface area contributed by atoms with Gasteiger partial charge in [-0.05, 0) is 212 Å². The van der Waals surface area contributed by atoms with E-state index in [9.17, 15) is 33.7 Å². The molecule has 0 bridgehead atoms. The lowest BCUT2D eigenvalue weighted by Crippen LogP contribution is -2.15. The summed E-state index contributed by atoms with van der Waals surface area (Å²) in [5.74, 6) is 0. The molecule has 12 aromatic rings. The van der Waals surface area contributed by atoms with Crippen molar-refractivity contribution >= 4 is 141 Å². The van der Waals surface area contributed by atoms with Crippen molar-refractivity contribution in [3.05, 3.63) is 311 Å². The molecule has 0 fully saturated rings. The van der Waals surface area contributed by atoms with Crippen molar-refractivity contribution in [2.45, 2.75) is 75.0 Å². The normalized spacial score (nSPS) is 13.0. The van der Waals surface area contributed by atoms with Crippen LogP contribution in [0, 0.1) is 0 Å². The average molecular weight is 1470 g/mol. The van der Waals surface area contributed by atoms with E-state index >= 15 is 0 Å². The van der Waals surface area contributed by atoms with Crippen LogP contribution in [-0.4, -0.2) is 33.7 Å². The number of fused-ring (bicyclic) bond motifs is 6. The Kier molecular flexibility index (Phi) is 17.9. The lowest BCUT2D eigenvalue weighted by molar-refractivity contribution is 0.590. The highest BCUT2D eigenvalue weighted by atomic mass is 79.9. The number of hydrogen-bond acceptors (Lipinski definition) is 13. The predicted octanol–water partition coefficient (Wildman–Crippen LogP) is 19.8. The van der Waals surface area contributed by atoms with Crippen LogP contribution in [0.15, 0.2) is 369 Å². The summed E-state index contributed by atoms with van der Waals surface area (Å²) < 4.78 is 108. The predicted molar refractivity (Wildman–Crippen MR) is 373 cm³/mol. The van der Waals surface area contributed by atoms with Crippen molar-refractivity contribution in [2.75, 3.05) is 9.80 Å². The first kappa shape index (κ1) is 62.8. The first-order valence-corrected chi connectivity index (χ1v) is 38.5. The van der Waals surface area contributed by atoms with E-state index in [-0.39, 0.29) is 39.2 Å². The Morgan fingerprint density at radius 3 is 0.783 bits per heavy atom. The van der Waals surface area contributed by atoms with E-state index < -0.39 is 39.3 Å². The molecular formula is C73H50Br2N2O8S7. The molecule has 12 aromatic carbocycles. The second-order valence-corrected chi connectivity index (χ2v) is 34.0. The van der Waals surface area contributed by atoms with Gasteiger partial charge >= 0.3 is 0 Å². The zero-order valence-electron chi connectivity index (χ0n) is 48.2. The molecule has 0 saturated carbocycles. The van der Waals surface area contributed by atoms with E-state index in [0.717, 1.165) is 69.1 Å². The summed E-state index contributed by atoms with van der Waals surface area (Å²) in [6.07, 6.45) is 1.08. The Labute approximate surface area is 565 Å². The van der Waals surface area contributed by atoms with Gasteiger partial charge in [-0.25, -0.2) is 33.7 Å². The highest BCUT2D eigenvalue weighted by Crippen LogP contribution is 2.53. The fourth-order valence-electron chi connectivity index (χ4n) is 10.7. The zero-order valence-corrected chi connectivity index (χ0v) is 57.1. The second-order valence-electron chi connectivity index (χ2n) is 21.1. The molecule has 0 unspecified atom stereocenters. The molecule has 0 radical (unpaired) electrons. The van der Waals surface area contributed by atoms with Crippen molar-refractivity contribution in [1.29, 1.82) is 0 Å². The molecule has 15 rings (SSSR count). The minimum absolute atomic E-state index is 0.0713. The Hall–Kier alpha value is -7.95. The molecule has 10 nitrogen and oxygen atoms in total. The summed E-state index contributed by atoms with van der Waals surface area (Å²) in [6, 6.07) is 86.5. The fraction of sp³-hybridized carbons (Fsp3) is 0.0137. The first-order chi connectivity index (χ1) is 44.4. The van der Waals surface area contributed by atoms with E-state index in [1.165, 1.54) is 93.7 Å². The second kappa shape index (κ2) is 26.2. The van der Waals surface area contributed by atoms with Crippen LogP contribution < -0.4 is 9.80 Å². The van der Waals surface area contributed by atoms with Crippen molar-refractivity contribution in [2.24, 2.45) is 0 Å². The van der Waals surface area contributed by atoms with Gasteiger partial charge in [0.2, 0.25) is 39.3 Å². The van der Waals surface area contributed by atoms with Crippen LogP contribution in [0.4, 0.5) is 34.1 Å². The van der Waals surface area contributed by atoms with Crippen LogP contribution in [0.2, 0.25) is 0 Å². The number of anilines is 6. The number of hydrogen-bond donors (Lipinski definition) is 0. The molecule has 19 heteroatoms. The highest BCUT2D eigenvalue weighted by Gasteiger charge is 2.30. The monoisotopic (exact) mass is 1460 g/mol. The van der Waals surface area contributed by atoms with Gasteiger partial charge < -0.3 is 9.80 Å². The van der Waals surface area contributed by atoms with Gasteiger partial charge in [-0.15, -0.1) is 0 Å². The lowest BCUT2D eigenvalue weighted by atomic mass is 10.0. The summed E-state index contributed by atoms with van der Waals surface area (Å²) in [5.41, 5.74) is 8.58. The molecule has 0 amide bonds. The number of para-hydroxylation sites is 4. The molecular weight excluding hydrogens is 1420 g/mol. The van der Waals surface area contributed by atoms with Crippen LogP contribution in [-0.2, 0) is 45.8 Å². The van der Waals surface area contributed by atoms with Gasteiger partial charge in [0.25, 0.3) is 0 Å². The van der Waals surface area contributed by atoms with Gasteiger partial charge in [0, 0.05) is 49.7 Å². The summed E-state index contributed by atoms with van der Waals surface area (Å²) in [5, 5.41) is 0. The minimum Gasteiger partial charge on any atom is -0.308 e. The Morgan fingerprint density at radius 2 is 0.489 bits per heavy atom. The molecule has 0 aromatic heterocycles. The zero-order chi connectivity index (χ0) is 63.8. The summed E-state index contributed by atoms with van der Waals surface area (Å²) >= 11 is 11.8. The Morgan fingerprint density at radius 1 is 0.250 bits per heavy atom. The molecule has 3 aliphatic heterocycles. The summed E-state index contributed by atoms with van der Waals surface area (Å²) in [4.78, 5) is 11.5. The van der Waals surface area contributed by atoms with Gasteiger partial charge in [-0.1, -0.05) is 164 Å². The topological polar surface area (TPSA) is 143 Å². The van der Waals surface area contributed by atoms with Crippen LogP contribution in [0.5, 0.6) is 0 Å². The van der Waals surface area contributed by atoms with E-state index in [2.05, 4.69) is 114 Å². The molecule has 0 saturated heterocycles. The molecule has 0 N–H and O–H groups in total. The Bertz CT molecular complexity index is 4820. The van der Waals surface area contributed by atoms with Gasteiger partial charge in [-0.2, -0.15) is 0 Å². The molecule has 92 heavy (non-hydrogen) atoms. The molecule has 3 aliphatic rings. The van der Waals surface area contributed by atoms with E-state index in [1.54, 1.807) is 96.3 Å². The summed E-state index contributed by atoms with van der Waals surface area (Å²) in [7, 11) is -15.7. The highest BCUT2D eigenvalue weighted by molar-refractivity contribution is 9.10. The standard InChI is InChI=1S/C42H28N2O4S4.C18H12Br2O4S2.C13H10S/c45-51(46,31-24-20-29(21-25-31)43-35-12-1-5-16-39(35)49-40-17-6-2-13-36(40)43)33-10-9-11-34(28-33)52(47,48)32-26-22-30(23-27-32)44-37-14-3-7-18-41(37)50-42-19-8-4-15-38(42)44;19-13-4-8-15(9-5-13)25(21,22)17-2-1-3-18(12-17)26(23,24)16-10-6-14(20)7-11-16;1-3-7-12-10(5-1)9-11-6-2-4-8-13(11)14-12/h1-28H;1-12H;1-8H,9H2. The third kappa shape index (κ3) is 12.7. The molecule has 0 aliphatic carbocycles. The van der Waals surface area contributed by atoms with Gasteiger partial charge in [0.05, 0.1) is 61.9 Å². The van der Waals surface area contributed by atoms with Gasteiger partial charge in [0.15, 0.2) is 0 Å². The minimum atomic E-state index is -4.05. The SMILES string of the molecule is O=S(=O)(c1ccc(Br)cc1)c1cccc(S(=O)(=O)c2ccc(Br)cc2)c1.O=S(=O)(c1ccc(N2c3ccccc3Sc3ccccc32)cc1)c1cccc(S(=O)(=O)c2ccc(N3c4ccccc4Sc4ccccc43)cc2)c1.c1ccc2c(c1)Cc1ccccc1S2. The average Bonchev–Trinajstić information content (AvgIpc) is 0.796. The number of sulfone groups is 4. The van der Waals surface area contributed by atoms with Gasteiger partial charge in [-0.3, -0.25) is 0 Å². The molecule has 0 spiro atoms. The van der Waals surface area contributed by atoms with Crippen molar-refractivity contribution in [3.8, 4) is 0 Å². The maximum atomic E-state index is 13.9. The van der Waals surface area contributed by atoms with Crippen molar-refractivity contribution < 1.29 is 33.7 Å². The van der Waals surface area contributed by atoms with Crippen molar-refractivity contribution in [3.63, 3.8) is 0 Å². The van der Waals surface area contributed by atoms with Crippen LogP contribution >= 0.6 is 67.1 Å². The van der Waals surface area contributed by atoms with Crippen LogP contribution in [0.1, 0.15) is 11.1 Å². The third-order valence-corrected chi connectivity index (χ3v) is 26.9. The molecule has 0 atom stereocenters. The maximum absolute atomic E-state index is 13.9. The van der Waals surface area contributed by atoms with E-state index in [1.807, 2.05) is 84.6 Å². The maximum Gasteiger partial charge on any atom is 0.206 e. The van der Waals surface area contributed by atoms with Crippen molar-refractivity contribution in [1.82, 2.24) is 0 Å². The lowest BCUT2D eigenvalue weighted by Gasteiger charge is -2.32. The largest absolute Gasteiger partial charge is 0.308 e. The van der Waals surface area contributed by atoms with Crippen LogP contribution in [0.25, 0.3) is 0 Å². The first-order valence-electron chi connectivity index (χ1n) is 28.5. The van der Waals surface area contributed by atoms with E-state index in [0.29, 0.717) is 0 Å². The third-order valence-electron chi connectivity index (χ3n) is 15.3. The Balaban J connectivity index is 0.000000158. The number of nitrogens with zero attached hydrogens (tertiary/aromatic N) is 2. The van der Waals surface area contributed by atoms with E-state index in [4.69, 9.17) is 0 Å². The quantitative estimate of drug-likeness (QED) is 0.128. The number of halogens is 2. The summed E-state index contributed by atoms with van der Waals surface area (Å²) in [6.45, 7) is 0. The van der Waals surface area contributed by atoms with Crippen LogP contribution in [0.3, 0.4) is 0 Å². The fourth-order valence-corrected chi connectivity index (χ4v) is 19.8. The number of benzene rings is 12.